The van der Waals surface area contributed by atoms with Crippen LogP contribution in [0.5, 0.6) is 0 Å². The van der Waals surface area contributed by atoms with E-state index in [1.54, 1.807) is 6.21 Å². The van der Waals surface area contributed by atoms with E-state index < -0.39 is 0 Å². The number of anilines is 1. The lowest BCUT2D eigenvalue weighted by Crippen LogP contribution is -1.95. The molecule has 0 fully saturated rings. The van der Waals surface area contributed by atoms with Crippen LogP contribution >= 0.6 is 11.6 Å². The fourth-order valence-electron chi connectivity index (χ4n) is 2.68. The van der Waals surface area contributed by atoms with Crippen LogP contribution in [-0.2, 0) is 0 Å². The quantitative estimate of drug-likeness (QED) is 0.306. The van der Waals surface area contributed by atoms with Crippen molar-refractivity contribution in [3.05, 3.63) is 83.4 Å². The molecule has 0 radical (unpaired) electrons. The topological polar surface area (TPSA) is 37.3 Å². The van der Waals surface area contributed by atoms with Crippen LogP contribution in [0.2, 0.25) is 5.02 Å². The molecule has 24 heavy (non-hydrogen) atoms. The molecule has 1 aromatic heterocycles. The number of pyridine rings is 1. The van der Waals surface area contributed by atoms with Crippen LogP contribution in [0.25, 0.3) is 21.8 Å². The van der Waals surface area contributed by atoms with Crippen LogP contribution in [-0.4, -0.2) is 11.2 Å². The van der Waals surface area contributed by atoms with E-state index in [1.807, 2.05) is 60.7 Å². The number of aromatic nitrogens is 1. The van der Waals surface area contributed by atoms with Crippen LogP contribution in [0, 0.1) is 0 Å². The molecular weight excluding hydrogens is 318 g/mol. The van der Waals surface area contributed by atoms with Crippen molar-refractivity contribution in [1.29, 1.82) is 0 Å². The zero-order chi connectivity index (χ0) is 16.4. The van der Waals surface area contributed by atoms with Crippen LogP contribution < -0.4 is 5.43 Å². The van der Waals surface area contributed by atoms with E-state index in [2.05, 4.69) is 22.7 Å². The molecule has 0 saturated carbocycles. The van der Waals surface area contributed by atoms with Crippen molar-refractivity contribution in [2.45, 2.75) is 0 Å². The molecule has 0 bridgehead atoms. The van der Waals surface area contributed by atoms with Crippen molar-refractivity contribution in [2.24, 2.45) is 5.10 Å². The summed E-state index contributed by atoms with van der Waals surface area (Å²) in [6.45, 7) is 0. The summed E-state index contributed by atoms with van der Waals surface area (Å²) in [7, 11) is 0. The van der Waals surface area contributed by atoms with Gasteiger partial charge in [-0.3, -0.25) is 5.43 Å². The van der Waals surface area contributed by atoms with Gasteiger partial charge in [0.2, 0.25) is 0 Å². The molecule has 1 N–H and O–H groups in total. The van der Waals surface area contributed by atoms with E-state index >= 15 is 0 Å². The van der Waals surface area contributed by atoms with Crippen molar-refractivity contribution < 1.29 is 0 Å². The molecule has 4 rings (SSSR count). The Morgan fingerprint density at radius 2 is 1.38 bits per heavy atom. The lowest BCUT2D eigenvalue weighted by atomic mass is 10.1. The number of nitrogens with zero attached hydrogens (tertiary/aromatic N) is 2. The Labute approximate surface area is 144 Å². The van der Waals surface area contributed by atoms with Gasteiger partial charge in [0.05, 0.1) is 22.9 Å². The van der Waals surface area contributed by atoms with E-state index in [4.69, 9.17) is 16.6 Å². The molecule has 0 aliphatic carbocycles. The maximum absolute atomic E-state index is 5.91. The molecule has 4 aromatic rings. The maximum Gasteiger partial charge on any atom is 0.0749 e. The van der Waals surface area contributed by atoms with Crippen molar-refractivity contribution in [3.8, 4) is 0 Å². The monoisotopic (exact) mass is 331 g/mol. The standard InChI is InChI=1S/C20H14ClN3/c21-15-11-9-14(10-12-15)13-22-24-20-16-5-1-3-7-18(16)23-19-8-4-2-6-17(19)20/h1-13H,(H,23,24)/b22-13+. The first-order valence-corrected chi connectivity index (χ1v) is 8.01. The molecule has 0 saturated heterocycles. The summed E-state index contributed by atoms with van der Waals surface area (Å²) >= 11 is 5.91. The first-order valence-electron chi connectivity index (χ1n) is 7.63. The normalized spacial score (nSPS) is 11.4. The summed E-state index contributed by atoms with van der Waals surface area (Å²) < 4.78 is 0. The van der Waals surface area contributed by atoms with Crippen molar-refractivity contribution in [3.63, 3.8) is 0 Å². The number of benzene rings is 3. The molecule has 3 nitrogen and oxygen atoms in total. The highest BCUT2D eigenvalue weighted by Gasteiger charge is 2.07. The zero-order valence-electron chi connectivity index (χ0n) is 12.8. The maximum atomic E-state index is 5.91. The third kappa shape index (κ3) is 2.82. The molecular formula is C20H14ClN3. The molecule has 0 aliphatic heterocycles. The largest absolute Gasteiger partial charge is 0.277 e. The van der Waals surface area contributed by atoms with Gasteiger partial charge < -0.3 is 0 Å². The van der Waals surface area contributed by atoms with Crippen LogP contribution in [0.15, 0.2) is 77.9 Å². The third-order valence-electron chi connectivity index (χ3n) is 3.85. The van der Waals surface area contributed by atoms with Gasteiger partial charge >= 0.3 is 0 Å². The van der Waals surface area contributed by atoms with Crippen LogP contribution in [0.3, 0.4) is 0 Å². The zero-order valence-corrected chi connectivity index (χ0v) is 13.5. The van der Waals surface area contributed by atoms with E-state index in [0.717, 1.165) is 33.1 Å². The number of hydrogen-bond donors (Lipinski definition) is 1. The van der Waals surface area contributed by atoms with Crippen LogP contribution in [0.1, 0.15) is 5.56 Å². The van der Waals surface area contributed by atoms with Gasteiger partial charge in [-0.15, -0.1) is 0 Å². The Kier molecular flexibility index (Phi) is 3.85. The minimum Gasteiger partial charge on any atom is -0.277 e. The average Bonchev–Trinajstić information content (AvgIpc) is 2.63. The summed E-state index contributed by atoms with van der Waals surface area (Å²) in [4.78, 5) is 4.71. The Morgan fingerprint density at radius 1 is 0.792 bits per heavy atom. The Bertz CT molecular complexity index is 986. The fourth-order valence-corrected chi connectivity index (χ4v) is 2.81. The predicted octanol–water partition coefficient (Wildman–Crippen LogP) is 5.49. The first-order chi connectivity index (χ1) is 11.8. The second kappa shape index (κ2) is 6.30. The third-order valence-corrected chi connectivity index (χ3v) is 4.10. The fraction of sp³-hybridized carbons (Fsp3) is 0. The van der Waals surface area contributed by atoms with Gasteiger partial charge in [0.1, 0.15) is 0 Å². The molecule has 0 spiro atoms. The minimum absolute atomic E-state index is 0.714. The number of para-hydroxylation sites is 2. The van der Waals surface area contributed by atoms with Gasteiger partial charge in [-0.25, -0.2) is 4.98 Å². The van der Waals surface area contributed by atoms with Crippen molar-refractivity contribution in [2.75, 3.05) is 5.43 Å². The van der Waals surface area contributed by atoms with Gasteiger partial charge in [0, 0.05) is 15.8 Å². The number of halogens is 1. The summed E-state index contributed by atoms with van der Waals surface area (Å²) in [5.74, 6) is 0. The molecule has 3 aromatic carbocycles. The van der Waals surface area contributed by atoms with Gasteiger partial charge in [-0.2, -0.15) is 5.10 Å². The molecule has 0 amide bonds. The molecule has 0 aliphatic rings. The second-order valence-corrected chi connectivity index (χ2v) is 5.88. The SMILES string of the molecule is Clc1ccc(/C=N/Nc2c3ccccc3nc3ccccc23)cc1. The summed E-state index contributed by atoms with van der Waals surface area (Å²) in [6, 6.07) is 23.7. The molecule has 4 heteroatoms. The molecule has 0 unspecified atom stereocenters. The molecule has 116 valence electrons. The lowest BCUT2D eigenvalue weighted by Gasteiger charge is -2.09. The number of hydrazone groups is 1. The summed E-state index contributed by atoms with van der Waals surface area (Å²) in [5, 5.41) is 7.20. The Morgan fingerprint density at radius 3 is 2.00 bits per heavy atom. The predicted molar refractivity (Wildman–Crippen MR) is 102 cm³/mol. The van der Waals surface area contributed by atoms with E-state index in [1.165, 1.54) is 0 Å². The van der Waals surface area contributed by atoms with E-state index in [9.17, 15) is 0 Å². The Balaban J connectivity index is 1.77. The average molecular weight is 332 g/mol. The van der Waals surface area contributed by atoms with Gasteiger partial charge in [-0.1, -0.05) is 60.1 Å². The highest BCUT2D eigenvalue weighted by molar-refractivity contribution is 6.30. The number of hydrogen-bond acceptors (Lipinski definition) is 3. The summed E-state index contributed by atoms with van der Waals surface area (Å²) in [6.07, 6.45) is 1.78. The molecule has 1 heterocycles. The smallest absolute Gasteiger partial charge is 0.0749 e. The van der Waals surface area contributed by atoms with Gasteiger partial charge in [-0.05, 0) is 29.8 Å². The minimum atomic E-state index is 0.714. The van der Waals surface area contributed by atoms with Gasteiger partial charge in [0.25, 0.3) is 0 Å². The Hall–Kier alpha value is -2.91. The first kappa shape index (κ1) is 14.7. The van der Waals surface area contributed by atoms with Crippen molar-refractivity contribution >= 4 is 45.3 Å². The second-order valence-electron chi connectivity index (χ2n) is 5.44. The van der Waals surface area contributed by atoms with E-state index in [-0.39, 0.29) is 0 Å². The number of fused-ring (bicyclic) bond motifs is 2. The highest BCUT2D eigenvalue weighted by Crippen LogP contribution is 2.30. The number of rotatable bonds is 3. The van der Waals surface area contributed by atoms with Crippen LogP contribution in [0.4, 0.5) is 5.69 Å². The highest BCUT2D eigenvalue weighted by atomic mass is 35.5. The number of nitrogens with one attached hydrogen (secondary N) is 1. The van der Waals surface area contributed by atoms with Crippen molar-refractivity contribution in [1.82, 2.24) is 4.98 Å². The van der Waals surface area contributed by atoms with E-state index in [0.29, 0.717) is 5.02 Å². The molecule has 0 atom stereocenters. The lowest BCUT2D eigenvalue weighted by molar-refractivity contribution is 1.36. The summed E-state index contributed by atoms with van der Waals surface area (Å²) in [5.41, 5.74) is 7.02. The van der Waals surface area contributed by atoms with Gasteiger partial charge in [0.15, 0.2) is 0 Å².